The van der Waals surface area contributed by atoms with Crippen molar-refractivity contribution in [3.8, 4) is 0 Å². The van der Waals surface area contributed by atoms with Gasteiger partial charge in [0, 0.05) is 27.3 Å². The molecule has 0 spiro atoms. The third-order valence-corrected chi connectivity index (χ3v) is 4.60. The van der Waals surface area contributed by atoms with Gasteiger partial charge in [0.1, 0.15) is 0 Å². The number of carbonyl (C=O) groups is 1. The van der Waals surface area contributed by atoms with Crippen molar-refractivity contribution in [2.24, 2.45) is 0 Å². The highest BCUT2D eigenvalue weighted by molar-refractivity contribution is 7.12. The Hall–Kier alpha value is -1.39. The van der Waals surface area contributed by atoms with E-state index in [-0.39, 0.29) is 5.91 Å². The molecule has 0 bridgehead atoms. The lowest BCUT2D eigenvalue weighted by Gasteiger charge is -2.17. The van der Waals surface area contributed by atoms with Crippen LogP contribution in [0.5, 0.6) is 0 Å². The summed E-state index contributed by atoms with van der Waals surface area (Å²) >= 11 is 3.38. The van der Waals surface area contributed by atoms with E-state index in [0.717, 1.165) is 11.4 Å². The summed E-state index contributed by atoms with van der Waals surface area (Å²) in [5, 5.41) is 2.04. The minimum atomic E-state index is 0.0713. The van der Waals surface area contributed by atoms with Crippen LogP contribution in [0.2, 0.25) is 0 Å². The van der Waals surface area contributed by atoms with Crippen LogP contribution in [0, 0.1) is 6.92 Å². The average molecular weight is 291 g/mol. The smallest absolute Gasteiger partial charge is 0.246 e. The van der Waals surface area contributed by atoms with Crippen LogP contribution in [0.4, 0.5) is 0 Å². The molecule has 4 heteroatoms. The van der Waals surface area contributed by atoms with Crippen molar-refractivity contribution in [1.82, 2.24) is 4.90 Å². The molecule has 0 saturated carbocycles. The maximum atomic E-state index is 12.1. The van der Waals surface area contributed by atoms with Crippen molar-refractivity contribution < 1.29 is 4.79 Å². The van der Waals surface area contributed by atoms with Crippen LogP contribution < -0.4 is 0 Å². The SMILES string of the molecule is CCN(Cc1cccs1)C(=O)/C=C/c1ccc(C)s1. The van der Waals surface area contributed by atoms with Crippen molar-refractivity contribution in [3.63, 3.8) is 0 Å². The quantitative estimate of drug-likeness (QED) is 0.757. The average Bonchev–Trinajstić information content (AvgIpc) is 3.04. The van der Waals surface area contributed by atoms with Crippen LogP contribution in [0.3, 0.4) is 0 Å². The Labute approximate surface area is 122 Å². The first-order valence-corrected chi connectivity index (χ1v) is 7.94. The normalized spacial score (nSPS) is 11.1. The highest BCUT2D eigenvalue weighted by atomic mass is 32.1. The standard InChI is InChI=1S/C15H17NOS2/c1-3-16(11-14-5-4-10-18-14)15(17)9-8-13-7-6-12(2)19-13/h4-10H,3,11H2,1-2H3/b9-8+. The Morgan fingerprint density at radius 2 is 2.21 bits per heavy atom. The molecule has 0 aromatic carbocycles. The van der Waals surface area contributed by atoms with Gasteiger partial charge in [0.05, 0.1) is 6.54 Å². The predicted molar refractivity (Wildman–Crippen MR) is 83.5 cm³/mol. The minimum Gasteiger partial charge on any atom is -0.334 e. The first kappa shape index (κ1) is 14.0. The van der Waals surface area contributed by atoms with Gasteiger partial charge in [-0.25, -0.2) is 0 Å². The molecule has 0 saturated heterocycles. The summed E-state index contributed by atoms with van der Waals surface area (Å²) in [5.41, 5.74) is 0. The zero-order valence-corrected chi connectivity index (χ0v) is 12.8. The van der Waals surface area contributed by atoms with Crippen LogP contribution in [0.15, 0.2) is 35.7 Å². The molecule has 100 valence electrons. The minimum absolute atomic E-state index is 0.0713. The number of rotatable bonds is 5. The molecule has 0 atom stereocenters. The zero-order chi connectivity index (χ0) is 13.7. The molecule has 2 aromatic heterocycles. The van der Waals surface area contributed by atoms with E-state index in [2.05, 4.69) is 19.1 Å². The lowest BCUT2D eigenvalue weighted by atomic mass is 10.3. The van der Waals surface area contributed by atoms with Gasteiger partial charge in [-0.05, 0) is 43.5 Å². The molecule has 0 N–H and O–H groups in total. The van der Waals surface area contributed by atoms with E-state index >= 15 is 0 Å². The van der Waals surface area contributed by atoms with E-state index in [1.54, 1.807) is 28.7 Å². The second kappa shape index (κ2) is 6.68. The van der Waals surface area contributed by atoms with Crippen LogP contribution in [0.1, 0.15) is 21.6 Å². The number of hydrogen-bond donors (Lipinski definition) is 0. The number of likely N-dealkylation sites (N-methyl/N-ethyl adjacent to an activating group) is 1. The fourth-order valence-electron chi connectivity index (χ4n) is 1.74. The monoisotopic (exact) mass is 291 g/mol. The maximum Gasteiger partial charge on any atom is 0.246 e. The summed E-state index contributed by atoms with van der Waals surface area (Å²) in [4.78, 5) is 17.6. The summed E-state index contributed by atoms with van der Waals surface area (Å²) in [6.45, 7) is 5.50. The van der Waals surface area contributed by atoms with Gasteiger partial charge in [0.25, 0.3) is 0 Å². The molecule has 2 rings (SSSR count). The molecule has 0 aliphatic rings. The first-order chi connectivity index (χ1) is 9.19. The van der Waals surface area contributed by atoms with Gasteiger partial charge in [0.15, 0.2) is 0 Å². The molecule has 2 nitrogen and oxygen atoms in total. The number of hydrogen-bond acceptors (Lipinski definition) is 3. The fourth-order valence-corrected chi connectivity index (χ4v) is 3.24. The van der Waals surface area contributed by atoms with Crippen molar-refractivity contribution in [1.29, 1.82) is 0 Å². The fraction of sp³-hybridized carbons (Fsp3) is 0.267. The predicted octanol–water partition coefficient (Wildman–Crippen LogP) is 4.18. The number of thiophene rings is 2. The third kappa shape index (κ3) is 4.04. The van der Waals surface area contributed by atoms with Gasteiger partial charge in [-0.15, -0.1) is 22.7 Å². The maximum absolute atomic E-state index is 12.1. The van der Waals surface area contributed by atoms with Crippen molar-refractivity contribution >= 4 is 34.7 Å². The van der Waals surface area contributed by atoms with Crippen molar-refractivity contribution in [3.05, 3.63) is 50.4 Å². The molecular weight excluding hydrogens is 274 g/mol. The molecule has 2 aromatic rings. The largest absolute Gasteiger partial charge is 0.334 e. The molecule has 0 aliphatic carbocycles. The number of carbonyl (C=O) groups excluding carboxylic acids is 1. The molecule has 0 aliphatic heterocycles. The van der Waals surface area contributed by atoms with E-state index in [0.29, 0.717) is 6.54 Å². The van der Waals surface area contributed by atoms with Crippen molar-refractivity contribution in [2.45, 2.75) is 20.4 Å². The van der Waals surface area contributed by atoms with E-state index in [1.165, 1.54) is 9.75 Å². The Bertz CT molecular complexity index is 554. The van der Waals surface area contributed by atoms with E-state index in [9.17, 15) is 4.79 Å². The summed E-state index contributed by atoms with van der Waals surface area (Å²) in [5.74, 6) is 0.0713. The van der Waals surface area contributed by atoms with Crippen LogP contribution in [-0.2, 0) is 11.3 Å². The second-order valence-corrected chi connectivity index (χ2v) is 6.57. The summed E-state index contributed by atoms with van der Waals surface area (Å²) < 4.78 is 0. The van der Waals surface area contributed by atoms with Crippen LogP contribution >= 0.6 is 22.7 Å². The second-order valence-electron chi connectivity index (χ2n) is 4.21. The van der Waals surface area contributed by atoms with Crippen LogP contribution in [-0.4, -0.2) is 17.4 Å². The van der Waals surface area contributed by atoms with Crippen molar-refractivity contribution in [2.75, 3.05) is 6.54 Å². The Balaban J connectivity index is 1.98. The van der Waals surface area contributed by atoms with E-state index in [1.807, 2.05) is 35.4 Å². The summed E-state index contributed by atoms with van der Waals surface area (Å²) in [7, 11) is 0. The first-order valence-electron chi connectivity index (χ1n) is 6.25. The highest BCUT2D eigenvalue weighted by Gasteiger charge is 2.09. The molecule has 1 amide bonds. The lowest BCUT2D eigenvalue weighted by molar-refractivity contribution is -0.126. The number of amides is 1. The van der Waals surface area contributed by atoms with Crippen LogP contribution in [0.25, 0.3) is 6.08 Å². The number of nitrogens with zero attached hydrogens (tertiary/aromatic N) is 1. The van der Waals surface area contributed by atoms with Gasteiger partial charge < -0.3 is 4.90 Å². The molecule has 2 heterocycles. The Morgan fingerprint density at radius 1 is 1.37 bits per heavy atom. The third-order valence-electron chi connectivity index (χ3n) is 2.77. The Morgan fingerprint density at radius 3 is 2.79 bits per heavy atom. The zero-order valence-electron chi connectivity index (χ0n) is 11.1. The van der Waals surface area contributed by atoms with E-state index in [4.69, 9.17) is 0 Å². The highest BCUT2D eigenvalue weighted by Crippen LogP contribution is 2.17. The summed E-state index contributed by atoms with van der Waals surface area (Å²) in [6, 6.07) is 8.19. The lowest BCUT2D eigenvalue weighted by Crippen LogP contribution is -2.28. The Kier molecular flexibility index (Phi) is 4.93. The molecule has 0 unspecified atom stereocenters. The van der Waals surface area contributed by atoms with Gasteiger partial charge in [0.2, 0.25) is 5.91 Å². The van der Waals surface area contributed by atoms with Gasteiger partial charge in [-0.1, -0.05) is 6.07 Å². The summed E-state index contributed by atoms with van der Waals surface area (Å²) in [6.07, 6.45) is 3.57. The van der Waals surface area contributed by atoms with Gasteiger partial charge in [-0.3, -0.25) is 4.79 Å². The molecular formula is C15H17NOS2. The van der Waals surface area contributed by atoms with Gasteiger partial charge in [-0.2, -0.15) is 0 Å². The number of aryl methyl sites for hydroxylation is 1. The van der Waals surface area contributed by atoms with Gasteiger partial charge >= 0.3 is 0 Å². The molecule has 19 heavy (non-hydrogen) atoms. The topological polar surface area (TPSA) is 20.3 Å². The van der Waals surface area contributed by atoms with E-state index < -0.39 is 0 Å². The molecule has 0 radical (unpaired) electrons. The molecule has 0 fully saturated rings.